The molecule has 0 aromatic heterocycles. The average molecular weight is 378 g/mol. The van der Waals surface area contributed by atoms with Crippen molar-refractivity contribution in [2.75, 3.05) is 25.1 Å². The first-order valence-electron chi connectivity index (χ1n) is 8.88. The van der Waals surface area contributed by atoms with Crippen LogP contribution in [0.3, 0.4) is 0 Å². The van der Waals surface area contributed by atoms with Gasteiger partial charge in [0.15, 0.2) is 6.61 Å². The number of nitrogens with one attached hydrogen (secondary N) is 2. The van der Waals surface area contributed by atoms with E-state index in [0.717, 1.165) is 12.8 Å². The number of hydrogen-bond acceptors (Lipinski definition) is 6. The van der Waals surface area contributed by atoms with Crippen molar-refractivity contribution in [1.82, 2.24) is 5.32 Å². The van der Waals surface area contributed by atoms with Gasteiger partial charge in [0.05, 0.1) is 11.7 Å². The van der Waals surface area contributed by atoms with E-state index in [9.17, 15) is 14.4 Å². The molecular weight excluding hydrogens is 352 g/mol. The highest BCUT2D eigenvalue weighted by Gasteiger charge is 2.18. The van der Waals surface area contributed by atoms with E-state index in [-0.39, 0.29) is 24.2 Å². The Labute approximate surface area is 158 Å². The van der Waals surface area contributed by atoms with Crippen LogP contribution in [0.1, 0.15) is 44.0 Å². The van der Waals surface area contributed by atoms with Gasteiger partial charge in [-0.25, -0.2) is 9.59 Å². The first-order valence-corrected chi connectivity index (χ1v) is 8.88. The van der Waals surface area contributed by atoms with Gasteiger partial charge in [-0.1, -0.05) is 0 Å². The summed E-state index contributed by atoms with van der Waals surface area (Å²) in [5, 5.41) is 5.25. The SMILES string of the molecule is CC(C)(C)OC(=O)Nc1ccc(C(=O)OCC(=O)NC[C@H]2CCCO2)cc1. The lowest BCUT2D eigenvalue weighted by Crippen LogP contribution is -2.34. The molecule has 2 N–H and O–H groups in total. The van der Waals surface area contributed by atoms with Crippen LogP contribution in [0, 0.1) is 0 Å². The number of esters is 1. The third-order valence-electron chi connectivity index (χ3n) is 3.65. The number of hydrogen-bond donors (Lipinski definition) is 2. The minimum atomic E-state index is -0.619. The van der Waals surface area contributed by atoms with Gasteiger partial charge in [-0.3, -0.25) is 10.1 Å². The lowest BCUT2D eigenvalue weighted by Gasteiger charge is -2.19. The Morgan fingerprint density at radius 1 is 1.19 bits per heavy atom. The van der Waals surface area contributed by atoms with Crippen LogP contribution in [0.25, 0.3) is 0 Å². The van der Waals surface area contributed by atoms with Gasteiger partial charge in [0.1, 0.15) is 5.60 Å². The molecule has 0 saturated carbocycles. The van der Waals surface area contributed by atoms with Crippen LogP contribution in [0.2, 0.25) is 0 Å². The quantitative estimate of drug-likeness (QED) is 0.737. The van der Waals surface area contributed by atoms with Crippen molar-refractivity contribution >= 4 is 23.7 Å². The standard InChI is InChI=1S/C19H26N2O6/c1-19(2,3)27-18(24)21-14-8-6-13(7-9-14)17(23)26-12-16(22)20-11-15-5-4-10-25-15/h6-9,15H,4-5,10-12H2,1-3H3,(H,20,22)(H,21,24)/t15-/m1/s1. The summed E-state index contributed by atoms with van der Waals surface area (Å²) in [7, 11) is 0. The Hall–Kier alpha value is -2.61. The van der Waals surface area contributed by atoms with E-state index in [4.69, 9.17) is 14.2 Å². The third kappa shape index (κ3) is 7.65. The molecule has 2 rings (SSSR count). The fourth-order valence-electron chi connectivity index (χ4n) is 2.41. The number of benzene rings is 1. The van der Waals surface area contributed by atoms with Crippen LogP contribution in [0.5, 0.6) is 0 Å². The molecule has 1 heterocycles. The topological polar surface area (TPSA) is 103 Å². The fraction of sp³-hybridized carbons (Fsp3) is 0.526. The maximum Gasteiger partial charge on any atom is 0.412 e. The van der Waals surface area contributed by atoms with Gasteiger partial charge in [-0.2, -0.15) is 0 Å². The monoisotopic (exact) mass is 378 g/mol. The van der Waals surface area contributed by atoms with Crippen molar-refractivity contribution in [3.05, 3.63) is 29.8 Å². The van der Waals surface area contributed by atoms with Gasteiger partial charge in [-0.05, 0) is 57.9 Å². The van der Waals surface area contributed by atoms with Gasteiger partial charge in [0.2, 0.25) is 0 Å². The molecule has 1 aromatic rings. The minimum absolute atomic E-state index is 0.0367. The zero-order valence-electron chi connectivity index (χ0n) is 15.9. The Kier molecular flexibility index (Phi) is 7.18. The number of carbonyl (C=O) groups is 3. The molecule has 1 atom stereocenters. The van der Waals surface area contributed by atoms with Gasteiger partial charge in [0.25, 0.3) is 5.91 Å². The molecule has 0 bridgehead atoms. The summed E-state index contributed by atoms with van der Waals surface area (Å²) < 4.78 is 15.5. The summed E-state index contributed by atoms with van der Waals surface area (Å²) >= 11 is 0. The second kappa shape index (κ2) is 9.36. The molecule has 27 heavy (non-hydrogen) atoms. The van der Waals surface area contributed by atoms with Crippen molar-refractivity contribution < 1.29 is 28.6 Å². The Balaban J connectivity index is 1.74. The molecule has 1 aliphatic heterocycles. The van der Waals surface area contributed by atoms with E-state index in [1.807, 2.05) is 0 Å². The van der Waals surface area contributed by atoms with Gasteiger partial charge in [0, 0.05) is 18.8 Å². The fourth-order valence-corrected chi connectivity index (χ4v) is 2.41. The zero-order valence-corrected chi connectivity index (χ0v) is 15.9. The first-order chi connectivity index (χ1) is 12.7. The van der Waals surface area contributed by atoms with Crippen LogP contribution in [0.15, 0.2) is 24.3 Å². The molecule has 8 heteroatoms. The van der Waals surface area contributed by atoms with E-state index in [1.54, 1.807) is 32.9 Å². The smallest absolute Gasteiger partial charge is 0.412 e. The predicted octanol–water partition coefficient (Wildman–Crippen LogP) is 2.49. The van der Waals surface area contributed by atoms with E-state index in [1.165, 1.54) is 12.1 Å². The molecule has 0 aliphatic carbocycles. The lowest BCUT2D eigenvalue weighted by molar-refractivity contribution is -0.124. The van der Waals surface area contributed by atoms with E-state index < -0.39 is 17.7 Å². The Morgan fingerprint density at radius 2 is 1.89 bits per heavy atom. The van der Waals surface area contributed by atoms with Crippen LogP contribution in [-0.4, -0.2) is 49.4 Å². The normalized spacial score (nSPS) is 16.5. The second-order valence-corrected chi connectivity index (χ2v) is 7.22. The molecule has 1 saturated heterocycles. The number of ether oxygens (including phenoxy) is 3. The Bertz CT molecular complexity index is 660. The summed E-state index contributed by atoms with van der Waals surface area (Å²) in [5.41, 5.74) is 0.157. The number of rotatable bonds is 6. The maximum atomic E-state index is 12.0. The zero-order chi connectivity index (χ0) is 19.9. The molecule has 1 aliphatic rings. The summed E-state index contributed by atoms with van der Waals surface area (Å²) in [6.45, 7) is 6.08. The largest absolute Gasteiger partial charge is 0.452 e. The van der Waals surface area contributed by atoms with Crippen LogP contribution >= 0.6 is 0 Å². The highest BCUT2D eigenvalue weighted by atomic mass is 16.6. The van der Waals surface area contributed by atoms with Crippen molar-refractivity contribution in [2.45, 2.75) is 45.3 Å². The van der Waals surface area contributed by atoms with Crippen molar-refractivity contribution in [2.24, 2.45) is 0 Å². The molecule has 0 radical (unpaired) electrons. The maximum absolute atomic E-state index is 12.0. The van der Waals surface area contributed by atoms with Gasteiger partial charge in [-0.15, -0.1) is 0 Å². The van der Waals surface area contributed by atoms with E-state index in [2.05, 4.69) is 10.6 Å². The van der Waals surface area contributed by atoms with Crippen LogP contribution < -0.4 is 10.6 Å². The lowest BCUT2D eigenvalue weighted by atomic mass is 10.2. The van der Waals surface area contributed by atoms with E-state index in [0.29, 0.717) is 18.8 Å². The summed E-state index contributed by atoms with van der Waals surface area (Å²) in [6, 6.07) is 6.11. The summed E-state index contributed by atoms with van der Waals surface area (Å²) in [4.78, 5) is 35.4. The molecule has 0 spiro atoms. The Morgan fingerprint density at radius 3 is 2.48 bits per heavy atom. The molecule has 2 amide bonds. The van der Waals surface area contributed by atoms with Gasteiger partial charge >= 0.3 is 12.1 Å². The number of carbonyl (C=O) groups excluding carboxylic acids is 3. The third-order valence-corrected chi connectivity index (χ3v) is 3.65. The van der Waals surface area contributed by atoms with Crippen molar-refractivity contribution in [1.29, 1.82) is 0 Å². The van der Waals surface area contributed by atoms with Crippen molar-refractivity contribution in [3.8, 4) is 0 Å². The molecule has 1 aromatic carbocycles. The summed E-state index contributed by atoms with van der Waals surface area (Å²) in [5.74, 6) is -0.992. The first kappa shape index (κ1) is 20.7. The highest BCUT2D eigenvalue weighted by Crippen LogP contribution is 2.14. The number of anilines is 1. The van der Waals surface area contributed by atoms with Gasteiger partial charge < -0.3 is 19.5 Å². The van der Waals surface area contributed by atoms with Crippen LogP contribution in [0.4, 0.5) is 10.5 Å². The molecular formula is C19H26N2O6. The molecule has 1 fully saturated rings. The van der Waals surface area contributed by atoms with E-state index >= 15 is 0 Å². The molecule has 8 nitrogen and oxygen atoms in total. The summed E-state index contributed by atoms with van der Waals surface area (Å²) in [6.07, 6.45) is 1.37. The highest BCUT2D eigenvalue weighted by molar-refractivity contribution is 5.92. The minimum Gasteiger partial charge on any atom is -0.452 e. The average Bonchev–Trinajstić information content (AvgIpc) is 3.10. The molecule has 148 valence electrons. The number of amides is 2. The molecule has 0 unspecified atom stereocenters. The second-order valence-electron chi connectivity index (χ2n) is 7.22. The predicted molar refractivity (Wildman–Crippen MR) is 98.6 cm³/mol. The van der Waals surface area contributed by atoms with Crippen LogP contribution in [-0.2, 0) is 19.0 Å². The van der Waals surface area contributed by atoms with Crippen molar-refractivity contribution in [3.63, 3.8) is 0 Å².